The molecule has 2 aromatic rings. The Hall–Kier alpha value is -1.69. The molecule has 1 saturated heterocycles. The fourth-order valence-electron chi connectivity index (χ4n) is 4.71. The first-order chi connectivity index (χ1) is 14.1. The topological polar surface area (TPSA) is 52.6 Å². The van der Waals surface area contributed by atoms with Crippen LogP contribution in [0.5, 0.6) is 0 Å². The molecule has 0 N–H and O–H groups in total. The molecule has 2 aromatic carbocycles. The van der Waals surface area contributed by atoms with Gasteiger partial charge in [-0.3, -0.25) is 0 Å². The van der Waals surface area contributed by atoms with Crippen LogP contribution in [0.2, 0.25) is 0 Å². The fourth-order valence-corrected chi connectivity index (χ4v) is 6.71. The average Bonchev–Trinajstić information content (AvgIpc) is 3.21. The zero-order valence-electron chi connectivity index (χ0n) is 16.8. The minimum atomic E-state index is -3.43. The molecule has 0 bridgehead atoms. The number of ether oxygens (including phenoxy) is 2. The lowest BCUT2D eigenvalue weighted by Gasteiger charge is -2.30. The number of rotatable bonds is 7. The highest BCUT2D eigenvalue weighted by atomic mass is 32.2. The van der Waals surface area contributed by atoms with E-state index in [1.165, 1.54) is 6.42 Å². The summed E-state index contributed by atoms with van der Waals surface area (Å²) in [5.41, 5.74) is 1.11. The van der Waals surface area contributed by atoms with E-state index < -0.39 is 15.1 Å². The largest absolute Gasteiger partial charge is 0.374 e. The highest BCUT2D eigenvalue weighted by Crippen LogP contribution is 2.39. The van der Waals surface area contributed by atoms with Gasteiger partial charge in [0.2, 0.25) is 0 Å². The molecular weight excluding hydrogens is 384 g/mol. The summed E-state index contributed by atoms with van der Waals surface area (Å²) < 4.78 is 39.1. The van der Waals surface area contributed by atoms with Crippen LogP contribution in [0.15, 0.2) is 65.6 Å². The number of hydrogen-bond acceptors (Lipinski definition) is 4. The number of hydrogen-bond donors (Lipinski definition) is 0. The highest BCUT2D eigenvalue weighted by Gasteiger charge is 2.47. The standard InChI is InChI=1S/C24H30O4S/c25-29(26,22-14-8-3-9-15-22)23-16-21(18-27-17-19-10-4-1-5-11-19)28-24(23)20-12-6-2-7-13-20/h1,3-5,8-11,14-15,20-21,23-24H,2,6-7,12-13,16-18H2/t21-,23+,24-/m0/s1. The van der Waals surface area contributed by atoms with Crippen molar-refractivity contribution in [2.45, 2.75) is 67.5 Å². The van der Waals surface area contributed by atoms with Crippen LogP contribution in [-0.2, 0) is 25.9 Å². The second-order valence-corrected chi connectivity index (χ2v) is 10.4. The molecule has 0 unspecified atom stereocenters. The molecule has 3 atom stereocenters. The Bertz CT molecular complexity index is 860. The van der Waals surface area contributed by atoms with Gasteiger partial charge in [-0.2, -0.15) is 0 Å². The van der Waals surface area contributed by atoms with Gasteiger partial charge in [0.05, 0.1) is 35.6 Å². The molecule has 0 aromatic heterocycles. The van der Waals surface area contributed by atoms with Gasteiger partial charge < -0.3 is 9.47 Å². The van der Waals surface area contributed by atoms with Crippen molar-refractivity contribution in [1.29, 1.82) is 0 Å². The van der Waals surface area contributed by atoms with Crippen molar-refractivity contribution in [1.82, 2.24) is 0 Å². The van der Waals surface area contributed by atoms with E-state index in [-0.39, 0.29) is 12.2 Å². The molecule has 29 heavy (non-hydrogen) atoms. The summed E-state index contributed by atoms with van der Waals surface area (Å²) in [5.74, 6) is 0.325. The van der Waals surface area contributed by atoms with Crippen molar-refractivity contribution in [3.63, 3.8) is 0 Å². The molecule has 2 fully saturated rings. The van der Waals surface area contributed by atoms with Crippen molar-refractivity contribution in [2.75, 3.05) is 6.61 Å². The van der Waals surface area contributed by atoms with Gasteiger partial charge in [-0.15, -0.1) is 0 Å². The predicted octanol–water partition coefficient (Wildman–Crippen LogP) is 4.78. The van der Waals surface area contributed by atoms with E-state index in [0.29, 0.717) is 30.4 Å². The van der Waals surface area contributed by atoms with Gasteiger partial charge in [0, 0.05) is 0 Å². The van der Waals surface area contributed by atoms with Gasteiger partial charge in [-0.25, -0.2) is 8.42 Å². The lowest BCUT2D eigenvalue weighted by Crippen LogP contribution is -2.37. The van der Waals surface area contributed by atoms with Crippen LogP contribution < -0.4 is 0 Å². The van der Waals surface area contributed by atoms with Crippen molar-refractivity contribution >= 4 is 9.84 Å². The summed E-state index contributed by atoms with van der Waals surface area (Å²) in [5, 5.41) is -0.488. The van der Waals surface area contributed by atoms with Crippen LogP contribution in [0.1, 0.15) is 44.1 Å². The Balaban J connectivity index is 1.47. The molecule has 4 nitrogen and oxygen atoms in total. The first-order valence-electron chi connectivity index (χ1n) is 10.7. The number of benzene rings is 2. The molecule has 1 saturated carbocycles. The molecular formula is C24H30O4S. The molecule has 0 amide bonds. The Kier molecular flexibility index (Phi) is 6.68. The first kappa shape index (κ1) is 20.6. The maximum absolute atomic E-state index is 13.4. The molecule has 0 spiro atoms. The zero-order valence-corrected chi connectivity index (χ0v) is 17.6. The third-order valence-electron chi connectivity index (χ3n) is 6.21. The molecule has 5 heteroatoms. The molecule has 4 rings (SSSR count). The van der Waals surface area contributed by atoms with Crippen LogP contribution >= 0.6 is 0 Å². The zero-order chi connectivity index (χ0) is 20.1. The van der Waals surface area contributed by atoms with Gasteiger partial charge in [0.15, 0.2) is 9.84 Å². The van der Waals surface area contributed by atoms with E-state index in [0.717, 1.165) is 31.2 Å². The summed E-state index contributed by atoms with van der Waals surface area (Å²) in [6.07, 6.45) is 5.79. The summed E-state index contributed by atoms with van der Waals surface area (Å²) in [6.45, 7) is 0.948. The van der Waals surface area contributed by atoms with E-state index in [1.54, 1.807) is 24.3 Å². The third kappa shape index (κ3) is 4.90. The van der Waals surface area contributed by atoms with E-state index in [9.17, 15) is 8.42 Å². The maximum Gasteiger partial charge on any atom is 0.183 e. The molecule has 2 aliphatic rings. The predicted molar refractivity (Wildman–Crippen MR) is 113 cm³/mol. The lowest BCUT2D eigenvalue weighted by molar-refractivity contribution is -0.0424. The minimum absolute atomic E-state index is 0.172. The highest BCUT2D eigenvalue weighted by molar-refractivity contribution is 7.92. The third-order valence-corrected chi connectivity index (χ3v) is 8.40. The Morgan fingerprint density at radius 3 is 2.24 bits per heavy atom. The van der Waals surface area contributed by atoms with Gasteiger partial charge >= 0.3 is 0 Å². The van der Waals surface area contributed by atoms with E-state index in [2.05, 4.69) is 0 Å². The smallest absolute Gasteiger partial charge is 0.183 e. The van der Waals surface area contributed by atoms with Gasteiger partial charge in [-0.05, 0) is 42.9 Å². The molecule has 1 heterocycles. The Morgan fingerprint density at radius 1 is 0.897 bits per heavy atom. The van der Waals surface area contributed by atoms with Crippen molar-refractivity contribution in [2.24, 2.45) is 5.92 Å². The van der Waals surface area contributed by atoms with Crippen molar-refractivity contribution in [3.8, 4) is 0 Å². The van der Waals surface area contributed by atoms with E-state index in [1.807, 2.05) is 36.4 Å². The van der Waals surface area contributed by atoms with E-state index >= 15 is 0 Å². The molecule has 0 radical (unpaired) electrons. The molecule has 156 valence electrons. The van der Waals surface area contributed by atoms with Gasteiger partial charge in [0.1, 0.15) is 0 Å². The molecule has 1 aliphatic heterocycles. The summed E-state index contributed by atoms with van der Waals surface area (Å²) in [4.78, 5) is 0.403. The average molecular weight is 415 g/mol. The first-order valence-corrected chi connectivity index (χ1v) is 12.3. The van der Waals surface area contributed by atoms with Crippen molar-refractivity contribution < 1.29 is 17.9 Å². The van der Waals surface area contributed by atoms with E-state index in [4.69, 9.17) is 9.47 Å². The van der Waals surface area contributed by atoms with Gasteiger partial charge in [-0.1, -0.05) is 67.8 Å². The van der Waals surface area contributed by atoms with Crippen LogP contribution in [0.25, 0.3) is 0 Å². The second-order valence-electron chi connectivity index (χ2n) is 8.25. The van der Waals surface area contributed by atoms with Crippen LogP contribution in [0.3, 0.4) is 0 Å². The lowest BCUT2D eigenvalue weighted by atomic mass is 9.84. The summed E-state index contributed by atoms with van der Waals surface area (Å²) in [6, 6.07) is 18.9. The van der Waals surface area contributed by atoms with Gasteiger partial charge in [0.25, 0.3) is 0 Å². The maximum atomic E-state index is 13.4. The molecule has 1 aliphatic carbocycles. The SMILES string of the molecule is O=S(=O)(c1ccccc1)[C@@H]1C[C@@H](COCc2ccccc2)O[C@H]1C1CCCCC1. The Labute approximate surface area is 174 Å². The quantitative estimate of drug-likeness (QED) is 0.654. The van der Waals surface area contributed by atoms with Crippen LogP contribution in [0, 0.1) is 5.92 Å². The van der Waals surface area contributed by atoms with Crippen LogP contribution in [-0.4, -0.2) is 32.5 Å². The summed E-state index contributed by atoms with van der Waals surface area (Å²) in [7, 11) is -3.43. The Morgan fingerprint density at radius 2 is 1.55 bits per heavy atom. The number of sulfone groups is 1. The second kappa shape index (κ2) is 9.41. The van der Waals surface area contributed by atoms with Crippen LogP contribution in [0.4, 0.5) is 0 Å². The normalized spacial score (nSPS) is 25.9. The minimum Gasteiger partial charge on any atom is -0.374 e. The fraction of sp³-hybridized carbons (Fsp3) is 0.500. The monoisotopic (exact) mass is 414 g/mol. The van der Waals surface area contributed by atoms with Crippen molar-refractivity contribution in [3.05, 3.63) is 66.2 Å². The summed E-state index contributed by atoms with van der Waals surface area (Å²) >= 11 is 0.